The van der Waals surface area contributed by atoms with Crippen molar-refractivity contribution < 1.29 is 8.22 Å². The number of hydrogen-bond acceptors (Lipinski definition) is 3. The van der Waals surface area contributed by atoms with Gasteiger partial charge in [-0.15, -0.1) is 0 Å². The Hall–Kier alpha value is -4.11. The van der Waals surface area contributed by atoms with Crippen LogP contribution in [0.3, 0.4) is 0 Å². The maximum Gasteiger partial charge on any atom is 0.164 e. The number of fused-ring (bicyclic) bond motifs is 5. The van der Waals surface area contributed by atoms with Crippen LogP contribution in [0.25, 0.3) is 45.3 Å². The summed E-state index contributed by atoms with van der Waals surface area (Å²) in [7, 11) is 0. The second-order valence-electron chi connectivity index (χ2n) is 9.05. The molecular formula is C33H27N3. The summed E-state index contributed by atoms with van der Waals surface area (Å²) in [4.78, 5) is 14.4. The zero-order valence-electron chi connectivity index (χ0n) is 25.6. The van der Waals surface area contributed by atoms with Gasteiger partial charge in [0.05, 0.1) is 0 Å². The molecule has 1 spiro atoms. The van der Waals surface area contributed by atoms with E-state index < -0.39 is 37.4 Å². The highest BCUT2D eigenvalue weighted by atomic mass is 15.0. The molecule has 2 aliphatic carbocycles. The molecule has 1 heterocycles. The van der Waals surface area contributed by atoms with Crippen molar-refractivity contribution in [1.29, 1.82) is 0 Å². The number of hydrogen-bond donors (Lipinski definition) is 0. The van der Waals surface area contributed by atoms with Gasteiger partial charge >= 0.3 is 0 Å². The molecule has 3 nitrogen and oxygen atoms in total. The summed E-state index contributed by atoms with van der Waals surface area (Å²) in [6.45, 7) is 0. The van der Waals surface area contributed by atoms with Crippen molar-refractivity contribution in [2.24, 2.45) is 0 Å². The Labute approximate surface area is 220 Å². The molecule has 36 heavy (non-hydrogen) atoms. The monoisotopic (exact) mass is 471 g/mol. The van der Waals surface area contributed by atoms with E-state index in [2.05, 4.69) is 0 Å². The van der Waals surface area contributed by atoms with Gasteiger partial charge in [-0.25, -0.2) is 15.0 Å². The van der Waals surface area contributed by atoms with Gasteiger partial charge in [-0.2, -0.15) is 0 Å². The van der Waals surface area contributed by atoms with Gasteiger partial charge in [0.25, 0.3) is 0 Å². The van der Waals surface area contributed by atoms with E-state index in [4.69, 9.17) is 17.7 Å². The molecule has 0 atom stereocenters. The van der Waals surface area contributed by atoms with Crippen molar-refractivity contribution in [3.8, 4) is 45.3 Å². The third-order valence-corrected chi connectivity index (χ3v) is 6.96. The molecule has 2 aliphatic rings. The Kier molecular flexibility index (Phi) is 3.74. The average Bonchev–Trinajstić information content (AvgIpc) is 3.28. The Morgan fingerprint density at radius 2 is 1.06 bits per heavy atom. The fraction of sp³-hybridized carbons (Fsp3) is 0.182. The normalized spacial score (nSPS) is 22.1. The van der Waals surface area contributed by atoms with Crippen molar-refractivity contribution in [2.45, 2.75) is 37.4 Å². The first kappa shape index (κ1) is 15.8. The highest BCUT2D eigenvalue weighted by molar-refractivity contribution is 5.83. The van der Waals surface area contributed by atoms with Crippen LogP contribution in [-0.4, -0.2) is 15.0 Å². The topological polar surface area (TPSA) is 38.7 Å². The van der Waals surface area contributed by atoms with Crippen molar-refractivity contribution in [3.05, 3.63) is 114 Å². The lowest BCUT2D eigenvalue weighted by molar-refractivity contribution is 0.353. The van der Waals surface area contributed by atoms with Gasteiger partial charge in [-0.3, -0.25) is 0 Å². The SMILES string of the molecule is [2H]C1([2H])CC([2H])([2H])C2(c3ccccc3-c3ccc(-c4nc(-c5ccccc5)nc(-c5ccccc5)n4)cc32)C([2H])([2H])C1. The third kappa shape index (κ3) is 3.38. The van der Waals surface area contributed by atoms with Gasteiger partial charge in [-0.1, -0.05) is 116 Å². The fourth-order valence-corrected chi connectivity index (χ4v) is 5.25. The van der Waals surface area contributed by atoms with Crippen LogP contribution in [-0.2, 0) is 5.41 Å². The van der Waals surface area contributed by atoms with Crippen LogP contribution in [0.2, 0.25) is 0 Å². The summed E-state index contributed by atoms with van der Waals surface area (Å²) in [5.74, 6) is 1.38. The van der Waals surface area contributed by atoms with Crippen LogP contribution in [0, 0.1) is 0 Å². The van der Waals surface area contributed by atoms with E-state index in [0.29, 0.717) is 34.2 Å². The largest absolute Gasteiger partial charge is 0.208 e. The predicted molar refractivity (Wildman–Crippen MR) is 145 cm³/mol. The molecule has 0 saturated heterocycles. The van der Waals surface area contributed by atoms with Crippen molar-refractivity contribution in [3.63, 3.8) is 0 Å². The maximum absolute atomic E-state index is 9.26. The Balaban J connectivity index is 1.48. The van der Waals surface area contributed by atoms with Crippen molar-refractivity contribution >= 4 is 0 Å². The van der Waals surface area contributed by atoms with Gasteiger partial charge in [0.1, 0.15) is 0 Å². The lowest BCUT2D eigenvalue weighted by Gasteiger charge is -2.36. The third-order valence-electron chi connectivity index (χ3n) is 6.96. The molecule has 0 amide bonds. The maximum atomic E-state index is 9.26. The smallest absolute Gasteiger partial charge is 0.164 e. The molecule has 1 aromatic heterocycles. The van der Waals surface area contributed by atoms with E-state index in [1.165, 1.54) is 0 Å². The van der Waals surface area contributed by atoms with E-state index in [-0.39, 0.29) is 0 Å². The molecule has 3 heteroatoms. The highest BCUT2D eigenvalue weighted by Gasteiger charge is 2.43. The van der Waals surface area contributed by atoms with E-state index in [9.17, 15) is 5.48 Å². The Bertz CT molecular complexity index is 1750. The second kappa shape index (κ2) is 8.53. The minimum Gasteiger partial charge on any atom is -0.208 e. The van der Waals surface area contributed by atoms with Crippen LogP contribution >= 0.6 is 0 Å². The molecule has 5 aromatic rings. The molecule has 1 saturated carbocycles. The minimum absolute atomic E-state index is 0.392. The van der Waals surface area contributed by atoms with E-state index in [0.717, 1.165) is 22.3 Å². The van der Waals surface area contributed by atoms with Crippen LogP contribution in [0.4, 0.5) is 0 Å². The van der Waals surface area contributed by atoms with Crippen LogP contribution in [0.15, 0.2) is 103 Å². The molecule has 1 fully saturated rings. The van der Waals surface area contributed by atoms with E-state index in [1.54, 1.807) is 12.1 Å². The summed E-state index contributed by atoms with van der Waals surface area (Å²) in [5, 5.41) is 0. The van der Waals surface area contributed by atoms with Crippen molar-refractivity contribution in [2.75, 3.05) is 0 Å². The van der Waals surface area contributed by atoms with Gasteiger partial charge < -0.3 is 0 Å². The predicted octanol–water partition coefficient (Wildman–Crippen LogP) is 8.10. The van der Waals surface area contributed by atoms with Gasteiger partial charge in [0, 0.05) is 30.3 Å². The molecule has 0 N–H and O–H groups in total. The first-order valence-corrected chi connectivity index (χ1v) is 12.1. The molecule has 4 aromatic carbocycles. The van der Waals surface area contributed by atoms with Crippen LogP contribution in [0.1, 0.15) is 51.3 Å². The summed E-state index contributed by atoms with van der Waals surface area (Å²) < 4.78 is 53.8. The quantitative estimate of drug-likeness (QED) is 0.267. The Morgan fingerprint density at radius 1 is 0.528 bits per heavy atom. The number of aromatic nitrogens is 3. The van der Waals surface area contributed by atoms with Crippen molar-refractivity contribution in [1.82, 2.24) is 15.0 Å². The number of benzene rings is 4. The average molecular weight is 472 g/mol. The first-order chi connectivity index (χ1) is 20.0. The standard InChI is InChI=1S/C33H27N3/c1-4-12-23(13-5-1)30-34-31(24-14-6-2-7-15-24)36-32(35-30)25-18-19-27-26-16-8-9-17-28(26)33(29(27)22-25)20-10-3-11-21-33/h1-2,4-9,12-19,22H,3,10-11,20-21H2/i3D2,20D2,21D2. The number of rotatable bonds is 3. The lowest BCUT2D eigenvalue weighted by atomic mass is 9.67. The summed E-state index contributed by atoms with van der Waals surface area (Å²) in [6.07, 6.45) is -7.26. The van der Waals surface area contributed by atoms with E-state index >= 15 is 0 Å². The molecule has 0 bridgehead atoms. The van der Waals surface area contributed by atoms with Gasteiger partial charge in [0.2, 0.25) is 0 Å². The highest BCUT2D eigenvalue weighted by Crippen LogP contribution is 2.56. The van der Waals surface area contributed by atoms with Gasteiger partial charge in [0.15, 0.2) is 17.5 Å². The van der Waals surface area contributed by atoms with E-state index in [1.807, 2.05) is 91.0 Å². The summed E-state index contributed by atoms with van der Waals surface area (Å²) >= 11 is 0. The molecule has 174 valence electrons. The van der Waals surface area contributed by atoms with Crippen LogP contribution < -0.4 is 0 Å². The fourth-order valence-electron chi connectivity index (χ4n) is 5.25. The zero-order valence-corrected chi connectivity index (χ0v) is 19.6. The second-order valence-corrected chi connectivity index (χ2v) is 9.05. The minimum atomic E-state index is -2.22. The lowest BCUT2D eigenvalue weighted by Crippen LogP contribution is -2.28. The molecular weight excluding hydrogens is 438 g/mol. The van der Waals surface area contributed by atoms with Crippen LogP contribution in [0.5, 0.6) is 0 Å². The first-order valence-electron chi connectivity index (χ1n) is 15.1. The molecule has 0 unspecified atom stereocenters. The Morgan fingerprint density at radius 3 is 1.69 bits per heavy atom. The van der Waals surface area contributed by atoms with Gasteiger partial charge in [-0.05, 0) is 41.1 Å². The molecule has 0 radical (unpaired) electrons. The number of nitrogens with zero attached hydrogens (tertiary/aromatic N) is 3. The zero-order chi connectivity index (χ0) is 29.3. The summed E-state index contributed by atoms with van der Waals surface area (Å²) in [5.41, 5.74) is 3.09. The molecule has 7 rings (SSSR count). The molecule has 0 aliphatic heterocycles. The summed E-state index contributed by atoms with van der Waals surface area (Å²) in [6, 6.07) is 32.2.